The van der Waals surface area contributed by atoms with Crippen LogP contribution >= 0.6 is 0 Å². The molecular weight excluding hydrogens is 292 g/mol. The summed E-state index contributed by atoms with van der Waals surface area (Å²) in [4.78, 5) is 15.9. The highest BCUT2D eigenvalue weighted by Crippen LogP contribution is 2.28. The van der Waals surface area contributed by atoms with Crippen LogP contribution in [0.1, 0.15) is 29.8 Å². The van der Waals surface area contributed by atoms with Crippen LogP contribution in [-0.4, -0.2) is 30.6 Å². The van der Waals surface area contributed by atoms with Crippen LogP contribution in [0, 0.1) is 0 Å². The number of benzene rings is 1. The van der Waals surface area contributed by atoms with Crippen molar-refractivity contribution in [2.75, 3.05) is 19.8 Å². The van der Waals surface area contributed by atoms with Crippen LogP contribution in [0.4, 0.5) is 0 Å². The van der Waals surface area contributed by atoms with Gasteiger partial charge >= 0.3 is 0 Å². The lowest BCUT2D eigenvalue weighted by atomic mass is 10.1. The van der Waals surface area contributed by atoms with Crippen molar-refractivity contribution >= 4 is 5.91 Å². The van der Waals surface area contributed by atoms with Crippen LogP contribution in [-0.2, 0) is 6.42 Å². The summed E-state index contributed by atoms with van der Waals surface area (Å²) < 4.78 is 11.2. The molecular formula is C18H22N2O3. The first-order valence-corrected chi connectivity index (χ1v) is 7.81. The van der Waals surface area contributed by atoms with Gasteiger partial charge in [0.05, 0.1) is 13.2 Å². The third kappa shape index (κ3) is 4.98. The molecule has 0 aliphatic rings. The molecule has 0 fully saturated rings. The summed E-state index contributed by atoms with van der Waals surface area (Å²) in [6, 6.07) is 9.26. The molecule has 1 N–H and O–H groups in total. The summed E-state index contributed by atoms with van der Waals surface area (Å²) in [5.41, 5.74) is 1.70. The Balaban J connectivity index is 1.92. The first kappa shape index (κ1) is 16.8. The predicted molar refractivity (Wildman–Crippen MR) is 89.1 cm³/mol. The van der Waals surface area contributed by atoms with Crippen LogP contribution in [0.3, 0.4) is 0 Å². The highest BCUT2D eigenvalue weighted by molar-refractivity contribution is 5.93. The zero-order valence-electron chi connectivity index (χ0n) is 13.5. The van der Waals surface area contributed by atoms with Crippen LogP contribution in [0.15, 0.2) is 42.7 Å². The normalized spacial score (nSPS) is 10.2. The maximum atomic E-state index is 12.0. The van der Waals surface area contributed by atoms with E-state index in [0.29, 0.717) is 25.3 Å². The minimum Gasteiger partial charge on any atom is -0.490 e. The minimum atomic E-state index is -0.0941. The largest absolute Gasteiger partial charge is 0.490 e. The van der Waals surface area contributed by atoms with E-state index in [1.54, 1.807) is 24.5 Å². The minimum absolute atomic E-state index is 0.0941. The number of pyridine rings is 1. The number of hydrogen-bond donors (Lipinski definition) is 1. The average Bonchev–Trinajstić information content (AvgIpc) is 2.58. The number of ether oxygens (including phenoxy) is 2. The van der Waals surface area contributed by atoms with E-state index in [-0.39, 0.29) is 5.91 Å². The molecule has 1 aromatic heterocycles. The Morgan fingerprint density at radius 3 is 2.43 bits per heavy atom. The van der Waals surface area contributed by atoms with Crippen molar-refractivity contribution in [3.05, 3.63) is 53.9 Å². The van der Waals surface area contributed by atoms with Crippen LogP contribution in [0.2, 0.25) is 0 Å². The molecule has 2 rings (SSSR count). The number of amides is 1. The molecule has 5 heteroatoms. The molecule has 5 nitrogen and oxygen atoms in total. The number of rotatable bonds is 8. The zero-order chi connectivity index (χ0) is 16.5. The molecule has 0 aliphatic carbocycles. The maximum Gasteiger partial charge on any atom is 0.251 e. The monoisotopic (exact) mass is 314 g/mol. The van der Waals surface area contributed by atoms with Crippen LogP contribution < -0.4 is 14.8 Å². The summed E-state index contributed by atoms with van der Waals surface area (Å²) in [6.45, 7) is 5.63. The van der Waals surface area contributed by atoms with Crippen molar-refractivity contribution in [2.24, 2.45) is 0 Å². The van der Waals surface area contributed by atoms with Gasteiger partial charge in [-0.05, 0) is 50.1 Å². The van der Waals surface area contributed by atoms with Crippen molar-refractivity contribution in [3.8, 4) is 11.5 Å². The maximum absolute atomic E-state index is 12.0. The van der Waals surface area contributed by atoms with Gasteiger partial charge in [-0.2, -0.15) is 0 Å². The van der Waals surface area contributed by atoms with E-state index in [1.807, 2.05) is 32.0 Å². The standard InChI is InChI=1S/C18H22N2O3/c1-3-22-16-6-5-14(13-17(16)23-4-2)7-12-20-18(21)15-8-10-19-11-9-15/h5-6,8-11,13H,3-4,7,12H2,1-2H3,(H,20,21). The molecule has 0 spiro atoms. The number of carbonyl (C=O) groups is 1. The van der Waals surface area contributed by atoms with Gasteiger partial charge in [0.25, 0.3) is 5.91 Å². The zero-order valence-corrected chi connectivity index (χ0v) is 13.5. The van der Waals surface area contributed by atoms with Gasteiger partial charge in [0, 0.05) is 24.5 Å². The fraction of sp³-hybridized carbons (Fsp3) is 0.333. The quantitative estimate of drug-likeness (QED) is 0.814. The van der Waals surface area contributed by atoms with Gasteiger partial charge < -0.3 is 14.8 Å². The molecule has 0 bridgehead atoms. The molecule has 1 heterocycles. The van der Waals surface area contributed by atoms with E-state index in [4.69, 9.17) is 9.47 Å². The van der Waals surface area contributed by atoms with Crippen molar-refractivity contribution in [1.29, 1.82) is 0 Å². The molecule has 0 saturated heterocycles. The second-order valence-corrected chi connectivity index (χ2v) is 4.89. The highest BCUT2D eigenvalue weighted by Gasteiger charge is 2.07. The molecule has 0 radical (unpaired) electrons. The number of nitrogens with one attached hydrogen (secondary N) is 1. The number of nitrogens with zero attached hydrogens (tertiary/aromatic N) is 1. The third-order valence-electron chi connectivity index (χ3n) is 3.25. The van der Waals surface area contributed by atoms with E-state index >= 15 is 0 Å². The molecule has 1 amide bonds. The van der Waals surface area contributed by atoms with Crippen molar-refractivity contribution < 1.29 is 14.3 Å². The first-order chi connectivity index (χ1) is 11.2. The lowest BCUT2D eigenvalue weighted by Gasteiger charge is -2.12. The van der Waals surface area contributed by atoms with Crippen molar-refractivity contribution in [3.63, 3.8) is 0 Å². The van der Waals surface area contributed by atoms with Gasteiger partial charge in [-0.1, -0.05) is 6.07 Å². The Bertz CT molecular complexity index is 629. The highest BCUT2D eigenvalue weighted by atomic mass is 16.5. The lowest BCUT2D eigenvalue weighted by molar-refractivity contribution is 0.0954. The molecule has 0 saturated carbocycles. The van der Waals surface area contributed by atoms with E-state index in [9.17, 15) is 4.79 Å². The van der Waals surface area contributed by atoms with E-state index in [0.717, 1.165) is 23.5 Å². The Morgan fingerprint density at radius 1 is 1.04 bits per heavy atom. The van der Waals surface area contributed by atoms with Crippen molar-refractivity contribution in [2.45, 2.75) is 20.3 Å². The van der Waals surface area contributed by atoms with Gasteiger partial charge in [0.15, 0.2) is 11.5 Å². The van der Waals surface area contributed by atoms with Crippen LogP contribution in [0.5, 0.6) is 11.5 Å². The number of hydrogen-bond acceptors (Lipinski definition) is 4. The molecule has 23 heavy (non-hydrogen) atoms. The Morgan fingerprint density at radius 2 is 1.74 bits per heavy atom. The van der Waals surface area contributed by atoms with Gasteiger partial charge in [-0.15, -0.1) is 0 Å². The fourth-order valence-electron chi connectivity index (χ4n) is 2.18. The van der Waals surface area contributed by atoms with Gasteiger partial charge in [0.1, 0.15) is 0 Å². The fourth-order valence-corrected chi connectivity index (χ4v) is 2.18. The third-order valence-corrected chi connectivity index (χ3v) is 3.25. The van der Waals surface area contributed by atoms with E-state index in [1.165, 1.54) is 0 Å². The van der Waals surface area contributed by atoms with Crippen molar-refractivity contribution in [1.82, 2.24) is 10.3 Å². The summed E-state index contributed by atoms with van der Waals surface area (Å²) in [6.07, 6.45) is 3.94. The van der Waals surface area contributed by atoms with E-state index < -0.39 is 0 Å². The second kappa shape index (κ2) is 8.78. The SMILES string of the molecule is CCOc1ccc(CCNC(=O)c2ccncc2)cc1OCC. The average molecular weight is 314 g/mol. The summed E-state index contributed by atoms with van der Waals surface area (Å²) in [5.74, 6) is 1.40. The Kier molecular flexibility index (Phi) is 6.41. The first-order valence-electron chi connectivity index (χ1n) is 7.81. The number of carbonyl (C=O) groups excluding carboxylic acids is 1. The van der Waals surface area contributed by atoms with Gasteiger partial charge in [-0.25, -0.2) is 0 Å². The topological polar surface area (TPSA) is 60.5 Å². The molecule has 122 valence electrons. The predicted octanol–water partition coefficient (Wildman–Crippen LogP) is 2.85. The summed E-state index contributed by atoms with van der Waals surface area (Å²) in [5, 5.41) is 2.90. The number of aromatic nitrogens is 1. The molecule has 0 aliphatic heterocycles. The summed E-state index contributed by atoms with van der Waals surface area (Å²) in [7, 11) is 0. The molecule has 1 aromatic carbocycles. The Labute approximate surface area is 136 Å². The lowest BCUT2D eigenvalue weighted by Crippen LogP contribution is -2.25. The second-order valence-electron chi connectivity index (χ2n) is 4.89. The summed E-state index contributed by atoms with van der Waals surface area (Å²) >= 11 is 0. The van der Waals surface area contributed by atoms with Gasteiger partial charge in [0.2, 0.25) is 0 Å². The van der Waals surface area contributed by atoms with E-state index in [2.05, 4.69) is 10.3 Å². The Hall–Kier alpha value is -2.56. The molecule has 0 atom stereocenters. The van der Waals surface area contributed by atoms with Gasteiger partial charge in [-0.3, -0.25) is 9.78 Å². The smallest absolute Gasteiger partial charge is 0.251 e. The molecule has 2 aromatic rings. The molecule has 0 unspecified atom stereocenters. The van der Waals surface area contributed by atoms with Crippen LogP contribution in [0.25, 0.3) is 0 Å².